The van der Waals surface area contributed by atoms with Gasteiger partial charge in [-0.2, -0.15) is 0 Å². The van der Waals surface area contributed by atoms with Crippen LogP contribution in [0.25, 0.3) is 0 Å². The lowest BCUT2D eigenvalue weighted by Gasteiger charge is -2.12. The maximum absolute atomic E-state index is 12.9. The number of hydrogen-bond acceptors (Lipinski definition) is 3. The summed E-state index contributed by atoms with van der Waals surface area (Å²) in [5.74, 6) is -0.983. The first-order valence-electron chi connectivity index (χ1n) is 4.15. The van der Waals surface area contributed by atoms with E-state index in [9.17, 15) is 9.18 Å². The van der Waals surface area contributed by atoms with E-state index in [1.165, 1.54) is 19.2 Å². The number of rotatable bonds is 2. The van der Waals surface area contributed by atoms with Crippen molar-refractivity contribution in [2.75, 3.05) is 7.11 Å². The highest BCUT2D eigenvalue weighted by Gasteiger charge is 2.18. The molecule has 0 fully saturated rings. The van der Waals surface area contributed by atoms with Crippen molar-refractivity contribution in [3.8, 4) is 0 Å². The fraction of sp³-hybridized carbons (Fsp3) is 0.300. The molecule has 0 spiro atoms. The number of aryl methyl sites for hydroxylation is 1. The molecule has 15 heavy (non-hydrogen) atoms. The molecule has 0 aliphatic carbocycles. The van der Waals surface area contributed by atoms with Gasteiger partial charge in [-0.15, -0.1) is 12.4 Å². The Kier molecular flexibility index (Phi) is 5.25. The number of carbonyl (C=O) groups is 1. The van der Waals surface area contributed by atoms with Crippen molar-refractivity contribution < 1.29 is 13.9 Å². The molecule has 0 aliphatic heterocycles. The van der Waals surface area contributed by atoms with Crippen LogP contribution >= 0.6 is 12.4 Å². The molecule has 0 bridgehead atoms. The summed E-state index contributed by atoms with van der Waals surface area (Å²) >= 11 is 0. The number of ether oxygens (including phenoxy) is 1. The number of methoxy groups -OCH3 is 1. The largest absolute Gasteiger partial charge is 0.468 e. The maximum atomic E-state index is 12.9. The van der Waals surface area contributed by atoms with Gasteiger partial charge in [0.05, 0.1) is 7.11 Å². The van der Waals surface area contributed by atoms with E-state index in [0.29, 0.717) is 5.56 Å². The lowest BCUT2D eigenvalue weighted by atomic mass is 10.0. The minimum Gasteiger partial charge on any atom is -0.468 e. The first-order chi connectivity index (χ1) is 6.56. The van der Waals surface area contributed by atoms with Gasteiger partial charge in [0.15, 0.2) is 0 Å². The van der Waals surface area contributed by atoms with Crippen molar-refractivity contribution in [2.45, 2.75) is 13.0 Å². The third kappa shape index (κ3) is 3.18. The van der Waals surface area contributed by atoms with Gasteiger partial charge >= 0.3 is 5.97 Å². The van der Waals surface area contributed by atoms with Crippen LogP contribution in [0.3, 0.4) is 0 Å². The molecule has 2 N–H and O–H groups in total. The molecule has 1 aromatic rings. The highest BCUT2D eigenvalue weighted by Crippen LogP contribution is 2.17. The molecular formula is C10H13ClFNO2. The van der Waals surface area contributed by atoms with Crippen LogP contribution in [-0.4, -0.2) is 13.1 Å². The van der Waals surface area contributed by atoms with Crippen LogP contribution in [0.2, 0.25) is 0 Å². The number of esters is 1. The molecular weight excluding hydrogens is 221 g/mol. The van der Waals surface area contributed by atoms with E-state index in [4.69, 9.17) is 5.73 Å². The van der Waals surface area contributed by atoms with Gasteiger partial charge in [-0.1, -0.05) is 6.07 Å². The fourth-order valence-corrected chi connectivity index (χ4v) is 1.20. The van der Waals surface area contributed by atoms with Gasteiger partial charge in [0.2, 0.25) is 0 Å². The molecule has 0 heterocycles. The molecule has 1 aromatic carbocycles. The van der Waals surface area contributed by atoms with Crippen LogP contribution in [0.4, 0.5) is 4.39 Å². The number of nitrogens with two attached hydrogens (primary N) is 1. The van der Waals surface area contributed by atoms with Crippen LogP contribution in [0.5, 0.6) is 0 Å². The normalized spacial score (nSPS) is 11.5. The number of carbonyl (C=O) groups excluding carboxylic acids is 1. The van der Waals surface area contributed by atoms with Gasteiger partial charge < -0.3 is 10.5 Å². The van der Waals surface area contributed by atoms with Crippen LogP contribution < -0.4 is 5.73 Å². The summed E-state index contributed by atoms with van der Waals surface area (Å²) in [6, 6.07) is 3.23. The zero-order valence-corrected chi connectivity index (χ0v) is 9.31. The molecule has 0 aliphatic rings. The molecule has 0 saturated carbocycles. The molecule has 3 nitrogen and oxygen atoms in total. The SMILES string of the molecule is COC(=O)C(N)c1cc(F)ccc1C.Cl. The topological polar surface area (TPSA) is 52.3 Å². The summed E-state index contributed by atoms with van der Waals surface area (Å²) in [7, 11) is 1.25. The van der Waals surface area contributed by atoms with E-state index in [0.717, 1.165) is 5.56 Å². The Hall–Kier alpha value is -1.13. The Morgan fingerprint density at radius 2 is 2.13 bits per heavy atom. The lowest BCUT2D eigenvalue weighted by molar-refractivity contribution is -0.142. The number of hydrogen-bond donors (Lipinski definition) is 1. The van der Waals surface area contributed by atoms with E-state index < -0.39 is 17.8 Å². The van der Waals surface area contributed by atoms with E-state index >= 15 is 0 Å². The summed E-state index contributed by atoms with van der Waals surface area (Å²) in [4.78, 5) is 11.1. The highest BCUT2D eigenvalue weighted by molar-refractivity contribution is 5.85. The van der Waals surface area contributed by atoms with Gasteiger partial charge in [0.1, 0.15) is 11.9 Å². The molecule has 84 valence electrons. The zero-order valence-electron chi connectivity index (χ0n) is 8.49. The summed E-state index contributed by atoms with van der Waals surface area (Å²) in [6.45, 7) is 1.76. The average Bonchev–Trinajstić information content (AvgIpc) is 2.19. The second-order valence-corrected chi connectivity index (χ2v) is 3.00. The van der Waals surface area contributed by atoms with Crippen molar-refractivity contribution in [3.05, 3.63) is 35.1 Å². The van der Waals surface area contributed by atoms with Crippen LogP contribution in [-0.2, 0) is 9.53 Å². The standard InChI is InChI=1S/C10H12FNO2.ClH/c1-6-3-4-7(11)5-8(6)9(12)10(13)14-2;/h3-5,9H,12H2,1-2H3;1H. The Bertz CT molecular complexity index is 357. The predicted octanol–water partition coefficient (Wildman–Crippen LogP) is 1.73. The van der Waals surface area contributed by atoms with Crippen LogP contribution in [0.1, 0.15) is 17.2 Å². The van der Waals surface area contributed by atoms with Gasteiger partial charge in [-0.3, -0.25) is 4.79 Å². The minimum absolute atomic E-state index is 0. The van der Waals surface area contributed by atoms with Crippen molar-refractivity contribution in [1.29, 1.82) is 0 Å². The molecule has 0 saturated heterocycles. The minimum atomic E-state index is -0.921. The third-order valence-electron chi connectivity index (χ3n) is 2.03. The Morgan fingerprint density at radius 1 is 1.53 bits per heavy atom. The van der Waals surface area contributed by atoms with Crippen LogP contribution in [0.15, 0.2) is 18.2 Å². The molecule has 0 radical (unpaired) electrons. The molecule has 5 heteroatoms. The summed E-state index contributed by atoms with van der Waals surface area (Å²) < 4.78 is 17.3. The van der Waals surface area contributed by atoms with Crippen molar-refractivity contribution in [2.24, 2.45) is 5.73 Å². The molecule has 1 atom stereocenters. The maximum Gasteiger partial charge on any atom is 0.327 e. The number of halogens is 2. The lowest BCUT2D eigenvalue weighted by Crippen LogP contribution is -2.23. The van der Waals surface area contributed by atoms with Crippen LogP contribution in [0, 0.1) is 12.7 Å². The summed E-state index contributed by atoms with van der Waals surface area (Å²) in [6.07, 6.45) is 0. The molecule has 0 amide bonds. The highest BCUT2D eigenvalue weighted by atomic mass is 35.5. The molecule has 1 unspecified atom stereocenters. The second-order valence-electron chi connectivity index (χ2n) is 3.00. The van der Waals surface area contributed by atoms with Crippen molar-refractivity contribution in [3.63, 3.8) is 0 Å². The Labute approximate surface area is 93.8 Å². The third-order valence-corrected chi connectivity index (χ3v) is 2.03. The summed E-state index contributed by atoms with van der Waals surface area (Å²) in [5.41, 5.74) is 6.80. The van der Waals surface area contributed by atoms with Gasteiger partial charge in [0.25, 0.3) is 0 Å². The molecule has 0 aromatic heterocycles. The van der Waals surface area contributed by atoms with Gasteiger partial charge in [-0.25, -0.2) is 4.39 Å². The monoisotopic (exact) mass is 233 g/mol. The van der Waals surface area contributed by atoms with Gasteiger partial charge in [0, 0.05) is 0 Å². The van der Waals surface area contributed by atoms with E-state index in [1.807, 2.05) is 0 Å². The van der Waals surface area contributed by atoms with E-state index in [2.05, 4.69) is 4.74 Å². The zero-order chi connectivity index (χ0) is 10.7. The Morgan fingerprint density at radius 3 is 2.67 bits per heavy atom. The smallest absolute Gasteiger partial charge is 0.327 e. The van der Waals surface area contributed by atoms with Gasteiger partial charge in [-0.05, 0) is 30.2 Å². The van der Waals surface area contributed by atoms with Crippen molar-refractivity contribution >= 4 is 18.4 Å². The van der Waals surface area contributed by atoms with Crippen molar-refractivity contribution in [1.82, 2.24) is 0 Å². The van der Waals surface area contributed by atoms with E-state index in [-0.39, 0.29) is 12.4 Å². The quantitative estimate of drug-likeness (QED) is 0.792. The first kappa shape index (κ1) is 13.9. The van der Waals surface area contributed by atoms with E-state index in [1.54, 1.807) is 13.0 Å². The Balaban J connectivity index is 0.00000196. The fourth-order valence-electron chi connectivity index (χ4n) is 1.20. The number of benzene rings is 1. The molecule has 1 rings (SSSR count). The predicted molar refractivity (Wildman–Crippen MR) is 57.3 cm³/mol. The summed E-state index contributed by atoms with van der Waals surface area (Å²) in [5, 5.41) is 0. The second kappa shape index (κ2) is 5.68. The first-order valence-corrected chi connectivity index (χ1v) is 4.15. The average molecular weight is 234 g/mol.